The molecule has 1 atom stereocenters. The van der Waals surface area contributed by atoms with E-state index in [2.05, 4.69) is 10.6 Å². The molecule has 0 aliphatic carbocycles. The van der Waals surface area contributed by atoms with Crippen molar-refractivity contribution in [3.8, 4) is 0 Å². The predicted octanol–water partition coefficient (Wildman–Crippen LogP) is 2.12. The number of anilines is 1. The lowest BCUT2D eigenvalue weighted by Gasteiger charge is -2.20. The molecule has 0 unspecified atom stereocenters. The molecule has 2 aromatic rings. The maximum atomic E-state index is 12.4. The largest absolute Gasteiger partial charge is 0.459 e. The molecule has 0 aliphatic rings. The highest BCUT2D eigenvalue weighted by molar-refractivity contribution is 7.89. The number of carbonyl (C=O) groups is 3. The maximum absolute atomic E-state index is 12.4. The van der Waals surface area contributed by atoms with Gasteiger partial charge in [-0.2, -0.15) is 0 Å². The highest BCUT2D eigenvalue weighted by Gasteiger charge is 2.28. The molecule has 10 nitrogen and oxygen atoms in total. The fourth-order valence-corrected chi connectivity index (χ4v) is 3.91. The second-order valence-corrected chi connectivity index (χ2v) is 9.79. The summed E-state index contributed by atoms with van der Waals surface area (Å²) < 4.78 is 35.7. The summed E-state index contributed by atoms with van der Waals surface area (Å²) in [6.07, 6.45) is 1.33. The first-order valence-electron chi connectivity index (χ1n) is 9.46. The van der Waals surface area contributed by atoms with E-state index in [1.54, 1.807) is 13.8 Å². The van der Waals surface area contributed by atoms with Gasteiger partial charge >= 0.3 is 5.97 Å². The maximum Gasteiger partial charge on any atom is 0.329 e. The van der Waals surface area contributed by atoms with E-state index in [-0.39, 0.29) is 27.3 Å². The topological polar surface area (TPSA) is 135 Å². The van der Waals surface area contributed by atoms with E-state index < -0.39 is 40.5 Å². The average molecular weight is 486 g/mol. The van der Waals surface area contributed by atoms with Gasteiger partial charge in [-0.15, -0.1) is 0 Å². The van der Waals surface area contributed by atoms with Crippen molar-refractivity contribution >= 4 is 45.1 Å². The van der Waals surface area contributed by atoms with Crippen LogP contribution in [0.3, 0.4) is 0 Å². The predicted molar refractivity (Wildman–Crippen MR) is 117 cm³/mol. The number of ether oxygens (including phenoxy) is 1. The van der Waals surface area contributed by atoms with E-state index in [0.717, 1.165) is 4.31 Å². The van der Waals surface area contributed by atoms with Gasteiger partial charge in [0.25, 0.3) is 11.8 Å². The highest BCUT2D eigenvalue weighted by atomic mass is 35.5. The number of nitrogens with zero attached hydrogens (tertiary/aromatic N) is 1. The third-order valence-corrected chi connectivity index (χ3v) is 6.57. The highest BCUT2D eigenvalue weighted by Crippen LogP contribution is 2.26. The Morgan fingerprint density at radius 2 is 1.88 bits per heavy atom. The first kappa shape index (κ1) is 25.4. The summed E-state index contributed by atoms with van der Waals surface area (Å²) >= 11 is 5.98. The Balaban J connectivity index is 2.01. The molecular formula is C20H24ClN3O7S. The van der Waals surface area contributed by atoms with Crippen LogP contribution in [0.15, 0.2) is 45.9 Å². The molecule has 0 bridgehead atoms. The van der Waals surface area contributed by atoms with Crippen LogP contribution in [0.25, 0.3) is 0 Å². The smallest absolute Gasteiger partial charge is 0.329 e. The Morgan fingerprint density at radius 3 is 2.44 bits per heavy atom. The first-order valence-corrected chi connectivity index (χ1v) is 11.3. The summed E-state index contributed by atoms with van der Waals surface area (Å²) in [4.78, 5) is 36.6. The monoisotopic (exact) mass is 485 g/mol. The Hall–Kier alpha value is -2.89. The fourth-order valence-electron chi connectivity index (χ4n) is 2.52. The zero-order valence-electron chi connectivity index (χ0n) is 17.9. The number of rotatable bonds is 9. The van der Waals surface area contributed by atoms with Crippen molar-refractivity contribution in [2.45, 2.75) is 24.8 Å². The number of nitrogens with one attached hydrogen (secondary N) is 2. The van der Waals surface area contributed by atoms with Crippen LogP contribution in [0.2, 0.25) is 5.02 Å². The molecule has 32 heavy (non-hydrogen) atoms. The van der Waals surface area contributed by atoms with Gasteiger partial charge < -0.3 is 19.8 Å². The number of hydrogen-bond acceptors (Lipinski definition) is 7. The van der Waals surface area contributed by atoms with Crippen LogP contribution in [-0.4, -0.2) is 57.3 Å². The summed E-state index contributed by atoms with van der Waals surface area (Å²) in [5, 5.41) is 4.95. The Kier molecular flexibility index (Phi) is 8.42. The van der Waals surface area contributed by atoms with Gasteiger partial charge in [0.1, 0.15) is 10.9 Å². The fraction of sp³-hybridized carbons (Fsp3) is 0.350. The number of esters is 1. The van der Waals surface area contributed by atoms with Crippen LogP contribution in [-0.2, 0) is 24.3 Å². The summed E-state index contributed by atoms with van der Waals surface area (Å²) in [6.45, 7) is 2.76. The van der Waals surface area contributed by atoms with Gasteiger partial charge in [0.2, 0.25) is 10.0 Å². The molecule has 1 aromatic heterocycles. The number of sulfonamides is 1. The standard InChI is InChI=1S/C20H24ClN3O7S/c1-12(2)18(23-19(26)15-6-5-9-30-15)20(27)31-11-17(25)22-13-7-8-14(21)16(10-13)32(28,29)24(3)4/h5-10,12,18H,11H2,1-4H3,(H,22,25)(H,23,26)/t18-/m0/s1. The molecule has 0 radical (unpaired) electrons. The van der Waals surface area contributed by atoms with Crippen molar-refractivity contribution < 1.29 is 32.0 Å². The molecule has 0 fully saturated rings. The van der Waals surface area contributed by atoms with Crippen molar-refractivity contribution in [3.05, 3.63) is 47.4 Å². The van der Waals surface area contributed by atoms with Crippen LogP contribution in [0.1, 0.15) is 24.4 Å². The molecule has 0 saturated heterocycles. The van der Waals surface area contributed by atoms with Crippen LogP contribution in [0.5, 0.6) is 0 Å². The molecule has 2 rings (SSSR count). The second kappa shape index (κ2) is 10.6. The number of carbonyl (C=O) groups excluding carboxylic acids is 3. The lowest BCUT2D eigenvalue weighted by Crippen LogP contribution is -2.45. The van der Waals surface area contributed by atoms with Gasteiger partial charge in [0, 0.05) is 19.8 Å². The minimum Gasteiger partial charge on any atom is -0.459 e. The number of hydrogen-bond donors (Lipinski definition) is 2. The Bertz CT molecular complexity index is 1080. The van der Waals surface area contributed by atoms with E-state index >= 15 is 0 Å². The van der Waals surface area contributed by atoms with Crippen LogP contribution < -0.4 is 10.6 Å². The quantitative estimate of drug-likeness (QED) is 0.519. The van der Waals surface area contributed by atoms with E-state index in [4.69, 9.17) is 20.8 Å². The average Bonchev–Trinajstić information content (AvgIpc) is 3.26. The van der Waals surface area contributed by atoms with Gasteiger partial charge in [-0.25, -0.2) is 17.5 Å². The molecule has 2 amide bonds. The van der Waals surface area contributed by atoms with E-state index in [0.29, 0.717) is 0 Å². The molecular weight excluding hydrogens is 462 g/mol. The third kappa shape index (κ3) is 6.31. The third-order valence-electron chi connectivity index (χ3n) is 4.27. The molecule has 174 valence electrons. The van der Waals surface area contributed by atoms with Gasteiger partial charge in [0.05, 0.1) is 11.3 Å². The molecule has 0 aliphatic heterocycles. The number of benzene rings is 1. The normalized spacial score (nSPS) is 12.5. The first-order chi connectivity index (χ1) is 14.9. The van der Waals surface area contributed by atoms with Gasteiger partial charge in [0.15, 0.2) is 12.4 Å². The summed E-state index contributed by atoms with van der Waals surface area (Å²) in [5.41, 5.74) is 0.155. The van der Waals surface area contributed by atoms with Crippen LogP contribution in [0.4, 0.5) is 5.69 Å². The minimum atomic E-state index is -3.83. The van der Waals surface area contributed by atoms with E-state index in [1.165, 1.54) is 50.7 Å². The second-order valence-electron chi connectivity index (χ2n) is 7.26. The zero-order valence-corrected chi connectivity index (χ0v) is 19.5. The lowest BCUT2D eigenvalue weighted by atomic mass is 10.0. The van der Waals surface area contributed by atoms with Gasteiger partial charge in [-0.1, -0.05) is 25.4 Å². The Labute approximate surface area is 190 Å². The van der Waals surface area contributed by atoms with Crippen LogP contribution in [0, 0.1) is 5.92 Å². The van der Waals surface area contributed by atoms with Gasteiger partial charge in [-0.05, 0) is 36.2 Å². The zero-order chi connectivity index (χ0) is 24.1. The number of furan rings is 1. The van der Waals surface area contributed by atoms with Crippen molar-refractivity contribution in [2.24, 2.45) is 5.92 Å². The minimum absolute atomic E-state index is 0.00444. The molecule has 1 heterocycles. The van der Waals surface area contributed by atoms with Crippen molar-refractivity contribution in [2.75, 3.05) is 26.0 Å². The summed E-state index contributed by atoms with van der Waals surface area (Å²) in [6, 6.07) is 5.93. The summed E-state index contributed by atoms with van der Waals surface area (Å²) in [7, 11) is -1.12. The van der Waals surface area contributed by atoms with Crippen molar-refractivity contribution in [1.82, 2.24) is 9.62 Å². The number of halogens is 1. The number of amides is 2. The molecule has 1 aromatic carbocycles. The molecule has 0 saturated carbocycles. The van der Waals surface area contributed by atoms with Crippen molar-refractivity contribution in [3.63, 3.8) is 0 Å². The SMILES string of the molecule is CC(C)[C@H](NC(=O)c1ccco1)C(=O)OCC(=O)Nc1ccc(Cl)c(S(=O)(=O)N(C)C)c1. The summed E-state index contributed by atoms with van der Waals surface area (Å²) in [5.74, 6) is -2.38. The molecule has 2 N–H and O–H groups in total. The van der Waals surface area contributed by atoms with Crippen molar-refractivity contribution in [1.29, 1.82) is 0 Å². The molecule has 12 heteroatoms. The van der Waals surface area contributed by atoms with Crippen LogP contribution >= 0.6 is 11.6 Å². The Morgan fingerprint density at radius 1 is 1.19 bits per heavy atom. The van der Waals surface area contributed by atoms with E-state index in [1.807, 2.05) is 0 Å². The van der Waals surface area contributed by atoms with E-state index in [9.17, 15) is 22.8 Å². The van der Waals surface area contributed by atoms with Gasteiger partial charge in [-0.3, -0.25) is 9.59 Å². The molecule has 0 spiro atoms. The lowest BCUT2D eigenvalue weighted by molar-refractivity contribution is -0.150.